The molecule has 1 atom stereocenters. The van der Waals surface area contributed by atoms with Crippen molar-refractivity contribution in [2.45, 2.75) is 17.7 Å². The van der Waals surface area contributed by atoms with E-state index in [1.54, 1.807) is 0 Å². The predicted molar refractivity (Wildman–Crippen MR) is 59.5 cm³/mol. The number of carbonyl (C=O) groups excluding carboxylic acids is 1. The molecule has 2 rings (SSSR count). The molecule has 1 nitrogen and oxygen atoms in total. The summed E-state index contributed by atoms with van der Waals surface area (Å²) in [7, 11) is 0. The lowest BCUT2D eigenvalue weighted by atomic mass is 9.91. The molecule has 0 fully saturated rings. The number of halogens is 2. The highest BCUT2D eigenvalue weighted by Crippen LogP contribution is 2.27. The van der Waals surface area contributed by atoms with Crippen molar-refractivity contribution in [2.75, 3.05) is 0 Å². The third-order valence-corrected chi connectivity index (χ3v) is 3.65. The lowest BCUT2D eigenvalue weighted by Crippen LogP contribution is -2.22. The van der Waals surface area contributed by atoms with Crippen LogP contribution in [0.2, 0.25) is 0 Å². The van der Waals surface area contributed by atoms with Crippen molar-refractivity contribution in [3.63, 3.8) is 0 Å². The van der Waals surface area contributed by atoms with Gasteiger partial charge in [0.2, 0.25) is 0 Å². The Hall–Kier alpha value is -0.150. The van der Waals surface area contributed by atoms with Crippen molar-refractivity contribution < 1.29 is 4.79 Å². The Morgan fingerprint density at radius 3 is 2.92 bits per heavy atom. The van der Waals surface area contributed by atoms with Crippen LogP contribution in [0, 0.1) is 0 Å². The number of fused-ring (bicyclic) bond motifs is 1. The zero-order valence-corrected chi connectivity index (χ0v) is 10.1. The van der Waals surface area contributed by atoms with Crippen molar-refractivity contribution >= 4 is 37.6 Å². The maximum atomic E-state index is 11.7. The van der Waals surface area contributed by atoms with E-state index in [1.165, 1.54) is 0 Å². The zero-order chi connectivity index (χ0) is 9.42. The van der Waals surface area contributed by atoms with Gasteiger partial charge in [-0.05, 0) is 36.6 Å². The van der Waals surface area contributed by atoms with Gasteiger partial charge in [-0.3, -0.25) is 4.79 Å². The van der Waals surface area contributed by atoms with Gasteiger partial charge in [-0.2, -0.15) is 0 Å². The molecule has 1 aromatic rings. The summed E-state index contributed by atoms with van der Waals surface area (Å²) in [6, 6.07) is 5.85. The van der Waals surface area contributed by atoms with Crippen LogP contribution in [-0.2, 0) is 6.42 Å². The second kappa shape index (κ2) is 3.54. The second-order valence-electron chi connectivity index (χ2n) is 3.17. The number of hydrogen-bond donors (Lipinski definition) is 0. The molecule has 0 spiro atoms. The van der Waals surface area contributed by atoms with Gasteiger partial charge < -0.3 is 0 Å². The van der Waals surface area contributed by atoms with Crippen molar-refractivity contribution in [3.05, 3.63) is 33.8 Å². The van der Waals surface area contributed by atoms with Gasteiger partial charge >= 0.3 is 0 Å². The molecule has 0 aromatic heterocycles. The molecule has 1 aromatic carbocycles. The van der Waals surface area contributed by atoms with Gasteiger partial charge in [0.1, 0.15) is 0 Å². The first-order valence-corrected chi connectivity index (χ1v) is 5.86. The maximum Gasteiger partial charge on any atom is 0.176 e. The van der Waals surface area contributed by atoms with Crippen molar-refractivity contribution in [2.24, 2.45) is 0 Å². The summed E-state index contributed by atoms with van der Waals surface area (Å²) in [5.74, 6) is 0.216. The number of aryl methyl sites for hydroxylation is 1. The number of carbonyl (C=O) groups is 1. The fraction of sp³-hybridized carbons (Fsp3) is 0.300. The molecule has 0 amide bonds. The van der Waals surface area contributed by atoms with Crippen LogP contribution >= 0.6 is 31.9 Å². The smallest absolute Gasteiger partial charge is 0.176 e. The molecule has 0 saturated heterocycles. The summed E-state index contributed by atoms with van der Waals surface area (Å²) in [5.41, 5.74) is 2.03. The highest BCUT2D eigenvalue weighted by atomic mass is 79.9. The van der Waals surface area contributed by atoms with Crippen LogP contribution in [0.3, 0.4) is 0 Å². The van der Waals surface area contributed by atoms with E-state index in [0.717, 1.165) is 28.4 Å². The van der Waals surface area contributed by atoms with Gasteiger partial charge in [-0.15, -0.1) is 0 Å². The van der Waals surface area contributed by atoms with Crippen LogP contribution in [0.5, 0.6) is 0 Å². The Bertz CT molecular complexity index is 360. The van der Waals surface area contributed by atoms with Crippen LogP contribution in [0.1, 0.15) is 22.3 Å². The highest BCUT2D eigenvalue weighted by Gasteiger charge is 2.24. The van der Waals surface area contributed by atoms with Crippen LogP contribution in [0.25, 0.3) is 0 Å². The van der Waals surface area contributed by atoms with Crippen LogP contribution in [0.4, 0.5) is 0 Å². The number of Topliss-reactive ketones (excluding diaryl/α,β-unsaturated/α-hetero) is 1. The molecule has 1 aliphatic carbocycles. The third kappa shape index (κ3) is 1.72. The van der Waals surface area contributed by atoms with E-state index in [1.807, 2.05) is 18.2 Å². The average molecular weight is 304 g/mol. The summed E-state index contributed by atoms with van der Waals surface area (Å²) >= 11 is 6.78. The zero-order valence-electron chi connectivity index (χ0n) is 6.89. The molecule has 0 N–H and O–H groups in total. The van der Waals surface area contributed by atoms with E-state index in [-0.39, 0.29) is 10.6 Å². The molecule has 1 aliphatic rings. The molecule has 1 unspecified atom stereocenters. The van der Waals surface area contributed by atoms with E-state index >= 15 is 0 Å². The SMILES string of the molecule is O=C1c2ccc(Br)cc2CCC1Br. The maximum absolute atomic E-state index is 11.7. The van der Waals surface area contributed by atoms with E-state index in [0.29, 0.717) is 0 Å². The summed E-state index contributed by atoms with van der Waals surface area (Å²) in [4.78, 5) is 11.7. The molecule has 0 bridgehead atoms. The van der Waals surface area contributed by atoms with Crippen molar-refractivity contribution in [3.8, 4) is 0 Å². The average Bonchev–Trinajstić information content (AvgIpc) is 2.12. The molecule has 3 heteroatoms. The molecule has 0 radical (unpaired) electrons. The minimum absolute atomic E-state index is 0.0150. The van der Waals surface area contributed by atoms with Crippen LogP contribution in [0.15, 0.2) is 22.7 Å². The Morgan fingerprint density at radius 2 is 2.15 bits per heavy atom. The summed E-state index contributed by atoms with van der Waals surface area (Å²) < 4.78 is 1.05. The summed E-state index contributed by atoms with van der Waals surface area (Å²) in [6.45, 7) is 0. The minimum atomic E-state index is 0.0150. The monoisotopic (exact) mass is 302 g/mol. The number of alkyl halides is 1. The normalized spacial score (nSPS) is 21.4. The number of hydrogen-bond acceptors (Lipinski definition) is 1. The Labute approximate surface area is 93.8 Å². The van der Waals surface area contributed by atoms with Gasteiger partial charge in [0, 0.05) is 10.0 Å². The van der Waals surface area contributed by atoms with E-state index in [4.69, 9.17) is 0 Å². The second-order valence-corrected chi connectivity index (χ2v) is 5.19. The summed E-state index contributed by atoms with van der Waals surface area (Å²) in [5, 5.41) is 0. The van der Waals surface area contributed by atoms with Gasteiger partial charge in [0.05, 0.1) is 4.83 Å². The minimum Gasteiger partial charge on any atom is -0.293 e. The Balaban J connectivity index is 2.50. The highest BCUT2D eigenvalue weighted by molar-refractivity contribution is 9.10. The number of ketones is 1. The lowest BCUT2D eigenvalue weighted by Gasteiger charge is -2.18. The molecular formula is C10H8Br2O. The largest absolute Gasteiger partial charge is 0.293 e. The predicted octanol–water partition coefficient (Wildman–Crippen LogP) is 3.34. The Kier molecular flexibility index (Phi) is 2.56. The standard InChI is InChI=1S/C10H8Br2O/c11-7-2-3-8-6(5-7)1-4-9(12)10(8)13/h2-3,5,9H,1,4H2. The molecule has 68 valence electrons. The van der Waals surface area contributed by atoms with Gasteiger partial charge in [0.15, 0.2) is 5.78 Å². The van der Waals surface area contributed by atoms with E-state index in [2.05, 4.69) is 31.9 Å². The van der Waals surface area contributed by atoms with Gasteiger partial charge in [0.25, 0.3) is 0 Å². The van der Waals surface area contributed by atoms with Gasteiger partial charge in [-0.1, -0.05) is 31.9 Å². The number of rotatable bonds is 0. The van der Waals surface area contributed by atoms with E-state index in [9.17, 15) is 4.79 Å². The van der Waals surface area contributed by atoms with Crippen molar-refractivity contribution in [1.29, 1.82) is 0 Å². The fourth-order valence-corrected chi connectivity index (χ4v) is 2.48. The van der Waals surface area contributed by atoms with Gasteiger partial charge in [-0.25, -0.2) is 0 Å². The quantitative estimate of drug-likeness (QED) is 0.672. The first kappa shape index (κ1) is 9.41. The Morgan fingerprint density at radius 1 is 1.38 bits per heavy atom. The molecule has 13 heavy (non-hydrogen) atoms. The third-order valence-electron chi connectivity index (χ3n) is 2.28. The fourth-order valence-electron chi connectivity index (χ4n) is 1.59. The molecule has 0 aliphatic heterocycles. The lowest BCUT2D eigenvalue weighted by molar-refractivity contribution is 0.0981. The molecular weight excluding hydrogens is 296 g/mol. The summed E-state index contributed by atoms with van der Waals surface area (Å²) in [6.07, 6.45) is 1.89. The molecule has 0 saturated carbocycles. The topological polar surface area (TPSA) is 17.1 Å². The van der Waals surface area contributed by atoms with Crippen molar-refractivity contribution in [1.82, 2.24) is 0 Å². The first-order chi connectivity index (χ1) is 6.18. The molecule has 0 heterocycles. The van der Waals surface area contributed by atoms with Crippen LogP contribution in [-0.4, -0.2) is 10.6 Å². The van der Waals surface area contributed by atoms with E-state index < -0.39 is 0 Å². The van der Waals surface area contributed by atoms with Crippen LogP contribution < -0.4 is 0 Å². The number of benzene rings is 1. The first-order valence-electron chi connectivity index (χ1n) is 4.15.